The maximum Gasteiger partial charge on any atom is 0.195 e. The van der Waals surface area contributed by atoms with E-state index >= 15 is 0 Å². The van der Waals surface area contributed by atoms with Crippen LogP contribution in [0.25, 0.3) is 0 Å². The third-order valence-electron chi connectivity index (χ3n) is 2.13. The lowest BCUT2D eigenvalue weighted by molar-refractivity contribution is -0.166. The smallest absolute Gasteiger partial charge is 0.195 e. The normalized spacial score (nSPS) is 13.3. The van der Waals surface area contributed by atoms with E-state index in [1.165, 1.54) is 0 Å². The van der Waals surface area contributed by atoms with Gasteiger partial charge in [0.05, 0.1) is 6.10 Å². The molecule has 0 aliphatic heterocycles. The molecule has 0 bridgehead atoms. The first-order valence-corrected chi connectivity index (χ1v) is 5.50. The molecule has 0 aromatic carbocycles. The minimum Gasteiger partial charge on any atom is -0.368 e. The molecule has 0 heterocycles. The summed E-state index contributed by atoms with van der Waals surface area (Å²) in [5.41, 5.74) is -1.58. The molecule has 0 spiro atoms. The summed E-state index contributed by atoms with van der Waals surface area (Å²) >= 11 is 0. The highest BCUT2D eigenvalue weighted by Gasteiger charge is 2.41. The molecule has 0 unspecified atom stereocenters. The number of hydrogen-bond acceptors (Lipinski definition) is 3. The maximum atomic E-state index is 12.2. The van der Waals surface area contributed by atoms with Crippen LogP contribution in [-0.2, 0) is 14.3 Å². The number of Topliss-reactive ketones (excluding diaryl/α,β-unsaturated/α-hetero) is 1. The van der Waals surface area contributed by atoms with Gasteiger partial charge in [-0.05, 0) is 48.5 Å². The van der Waals surface area contributed by atoms with Crippen LogP contribution in [0.2, 0.25) is 0 Å². The molecule has 0 amide bonds. The zero-order chi connectivity index (χ0) is 12.3. The predicted molar refractivity (Wildman–Crippen MR) is 61.0 cm³/mol. The third kappa shape index (κ3) is 4.31. The Labute approximate surface area is 93.1 Å². The van der Waals surface area contributed by atoms with Crippen LogP contribution in [0.4, 0.5) is 0 Å². The van der Waals surface area contributed by atoms with E-state index in [4.69, 9.17) is 9.47 Å². The summed E-state index contributed by atoms with van der Waals surface area (Å²) in [5, 5.41) is 0. The Morgan fingerprint density at radius 3 is 1.93 bits per heavy atom. The summed E-state index contributed by atoms with van der Waals surface area (Å²) in [6.07, 6.45) is 0.0291. The largest absolute Gasteiger partial charge is 0.368 e. The van der Waals surface area contributed by atoms with E-state index in [0.29, 0.717) is 6.61 Å². The van der Waals surface area contributed by atoms with Crippen molar-refractivity contribution in [2.24, 2.45) is 0 Å². The van der Waals surface area contributed by atoms with Crippen LogP contribution in [0.15, 0.2) is 0 Å². The van der Waals surface area contributed by atoms with Crippen LogP contribution in [0, 0.1) is 0 Å². The van der Waals surface area contributed by atoms with Crippen molar-refractivity contribution < 1.29 is 14.3 Å². The highest BCUT2D eigenvalue weighted by atomic mass is 16.5. The molecule has 0 rings (SSSR count). The van der Waals surface area contributed by atoms with E-state index in [-0.39, 0.29) is 11.9 Å². The highest BCUT2D eigenvalue weighted by Crippen LogP contribution is 2.23. The summed E-state index contributed by atoms with van der Waals surface area (Å²) in [5.74, 6) is -0.0226. The average Bonchev–Trinajstić information content (AvgIpc) is 2.00. The van der Waals surface area contributed by atoms with Crippen LogP contribution in [-0.4, -0.2) is 29.7 Å². The van der Waals surface area contributed by atoms with Crippen molar-refractivity contribution in [3.63, 3.8) is 0 Å². The number of ether oxygens (including phenoxy) is 2. The molecule has 0 fully saturated rings. The van der Waals surface area contributed by atoms with Crippen LogP contribution < -0.4 is 0 Å². The van der Waals surface area contributed by atoms with Gasteiger partial charge in [0.15, 0.2) is 5.78 Å². The van der Waals surface area contributed by atoms with Gasteiger partial charge in [-0.2, -0.15) is 0 Å². The minimum atomic E-state index is -0.799. The minimum absolute atomic E-state index is 0.0226. The molecule has 15 heavy (non-hydrogen) atoms. The Morgan fingerprint density at radius 1 is 1.13 bits per heavy atom. The highest BCUT2D eigenvalue weighted by molar-refractivity contribution is 5.93. The molecule has 0 N–H and O–H groups in total. The molecule has 3 heteroatoms. The van der Waals surface area contributed by atoms with Crippen molar-refractivity contribution in [1.29, 1.82) is 0 Å². The van der Waals surface area contributed by atoms with Crippen LogP contribution >= 0.6 is 0 Å². The molecule has 0 radical (unpaired) electrons. The Bertz CT molecular complexity index is 217. The first-order valence-electron chi connectivity index (χ1n) is 5.50. The summed E-state index contributed by atoms with van der Waals surface area (Å²) in [6.45, 7) is 13.4. The zero-order valence-electron chi connectivity index (χ0n) is 11.0. The Morgan fingerprint density at radius 2 is 1.60 bits per heavy atom. The Balaban J connectivity index is 4.67. The van der Waals surface area contributed by atoms with Gasteiger partial charge in [-0.15, -0.1) is 0 Å². The number of carbonyl (C=O) groups is 1. The van der Waals surface area contributed by atoms with Gasteiger partial charge in [0.25, 0.3) is 0 Å². The van der Waals surface area contributed by atoms with E-state index in [1.54, 1.807) is 27.7 Å². The van der Waals surface area contributed by atoms with Crippen molar-refractivity contribution in [2.75, 3.05) is 6.61 Å². The van der Waals surface area contributed by atoms with Gasteiger partial charge in [-0.25, -0.2) is 0 Å². The van der Waals surface area contributed by atoms with Gasteiger partial charge < -0.3 is 9.47 Å². The standard InChI is InChI=1S/C12H24O3/c1-8-14-11(4,5)10(13)12(6,7)15-9(2)3/h9H,8H2,1-7H3. The number of ketones is 1. The lowest BCUT2D eigenvalue weighted by atomic mass is 9.90. The molecule has 0 aromatic heterocycles. The molecule has 3 nitrogen and oxygen atoms in total. The maximum absolute atomic E-state index is 12.2. The first-order chi connectivity index (χ1) is 6.63. The summed E-state index contributed by atoms with van der Waals surface area (Å²) in [7, 11) is 0. The van der Waals surface area contributed by atoms with E-state index in [9.17, 15) is 4.79 Å². The number of rotatable bonds is 6. The average molecular weight is 216 g/mol. The fourth-order valence-corrected chi connectivity index (χ4v) is 1.79. The van der Waals surface area contributed by atoms with Crippen molar-refractivity contribution in [1.82, 2.24) is 0 Å². The zero-order valence-corrected chi connectivity index (χ0v) is 11.0. The number of carbonyl (C=O) groups excluding carboxylic acids is 1. The van der Waals surface area contributed by atoms with Crippen molar-refractivity contribution in [3.8, 4) is 0 Å². The molecule has 0 aromatic rings. The Kier molecular flexibility index (Phi) is 4.94. The molecular formula is C12H24O3. The van der Waals surface area contributed by atoms with Crippen molar-refractivity contribution in [2.45, 2.75) is 65.8 Å². The monoisotopic (exact) mass is 216 g/mol. The predicted octanol–water partition coefficient (Wildman–Crippen LogP) is 2.57. The molecule has 0 saturated heterocycles. The summed E-state index contributed by atoms with van der Waals surface area (Å²) in [4.78, 5) is 12.2. The lowest BCUT2D eigenvalue weighted by Gasteiger charge is -2.34. The third-order valence-corrected chi connectivity index (χ3v) is 2.13. The van der Waals surface area contributed by atoms with Gasteiger partial charge in [-0.3, -0.25) is 4.79 Å². The second-order valence-corrected chi connectivity index (χ2v) is 4.95. The van der Waals surface area contributed by atoms with Gasteiger partial charge in [-0.1, -0.05) is 0 Å². The van der Waals surface area contributed by atoms with E-state index in [1.807, 2.05) is 20.8 Å². The fourth-order valence-electron chi connectivity index (χ4n) is 1.79. The molecule has 0 aliphatic carbocycles. The van der Waals surface area contributed by atoms with Gasteiger partial charge in [0.1, 0.15) is 11.2 Å². The van der Waals surface area contributed by atoms with Gasteiger partial charge in [0.2, 0.25) is 0 Å². The lowest BCUT2D eigenvalue weighted by Crippen LogP contribution is -2.50. The summed E-state index contributed by atoms with van der Waals surface area (Å²) < 4.78 is 11.0. The van der Waals surface area contributed by atoms with Crippen LogP contribution in [0.5, 0.6) is 0 Å². The molecular weight excluding hydrogens is 192 g/mol. The van der Waals surface area contributed by atoms with E-state index in [2.05, 4.69) is 0 Å². The van der Waals surface area contributed by atoms with Crippen LogP contribution in [0.3, 0.4) is 0 Å². The molecule has 0 saturated carbocycles. The Hall–Kier alpha value is -0.410. The molecule has 90 valence electrons. The molecule has 0 atom stereocenters. The van der Waals surface area contributed by atoms with Gasteiger partial charge >= 0.3 is 0 Å². The first kappa shape index (κ1) is 14.6. The molecule has 0 aliphatic rings. The van der Waals surface area contributed by atoms with Gasteiger partial charge in [0, 0.05) is 6.61 Å². The SMILES string of the molecule is CCOC(C)(C)C(=O)C(C)(C)OC(C)C. The topological polar surface area (TPSA) is 35.5 Å². The van der Waals surface area contributed by atoms with Crippen molar-refractivity contribution >= 4 is 5.78 Å². The second-order valence-electron chi connectivity index (χ2n) is 4.95. The second kappa shape index (κ2) is 5.08. The fraction of sp³-hybridized carbons (Fsp3) is 0.917. The van der Waals surface area contributed by atoms with Crippen LogP contribution in [0.1, 0.15) is 48.5 Å². The quantitative estimate of drug-likeness (QED) is 0.684. The number of hydrogen-bond donors (Lipinski definition) is 0. The van der Waals surface area contributed by atoms with E-state index < -0.39 is 11.2 Å². The van der Waals surface area contributed by atoms with E-state index in [0.717, 1.165) is 0 Å². The summed E-state index contributed by atoms with van der Waals surface area (Å²) in [6, 6.07) is 0. The van der Waals surface area contributed by atoms with Crippen molar-refractivity contribution in [3.05, 3.63) is 0 Å².